The molecule has 0 saturated carbocycles. The summed E-state index contributed by atoms with van der Waals surface area (Å²) in [4.78, 5) is 14.2. The largest absolute Gasteiger partial charge is 0.573 e. The topological polar surface area (TPSA) is 107 Å². The van der Waals surface area contributed by atoms with Crippen LogP contribution in [-0.4, -0.2) is 26.4 Å². The molecule has 1 aromatic heterocycles. The van der Waals surface area contributed by atoms with E-state index in [1.54, 1.807) is 6.92 Å². The molecule has 3 aromatic carbocycles. The predicted octanol–water partition coefficient (Wildman–Crippen LogP) is 6.35. The van der Waals surface area contributed by atoms with E-state index < -0.39 is 39.3 Å². The number of aromatic amines is 1. The van der Waals surface area contributed by atoms with Crippen LogP contribution in [0.1, 0.15) is 12.5 Å². The number of halogens is 5. The van der Waals surface area contributed by atoms with Crippen LogP contribution in [0.4, 0.5) is 27.6 Å². The molecular formula is C27H21F5N2O6S. The third-order valence-electron chi connectivity index (χ3n) is 5.48. The first-order chi connectivity index (χ1) is 19.3. The molecule has 0 radical (unpaired) electrons. The van der Waals surface area contributed by atoms with Gasteiger partial charge in [0, 0.05) is 41.8 Å². The van der Waals surface area contributed by atoms with Crippen molar-refractivity contribution >= 4 is 15.7 Å². The fourth-order valence-corrected chi connectivity index (χ4v) is 4.75. The summed E-state index contributed by atoms with van der Waals surface area (Å²) in [5.41, 5.74) is 0.515. The van der Waals surface area contributed by atoms with Gasteiger partial charge in [-0.3, -0.25) is 9.52 Å². The number of pyridine rings is 1. The molecule has 0 aliphatic rings. The van der Waals surface area contributed by atoms with E-state index >= 15 is 0 Å². The van der Waals surface area contributed by atoms with E-state index in [1.807, 2.05) is 0 Å². The Labute approximate surface area is 230 Å². The van der Waals surface area contributed by atoms with Crippen LogP contribution < -0.4 is 19.8 Å². The molecule has 216 valence electrons. The van der Waals surface area contributed by atoms with Gasteiger partial charge in [-0.15, -0.1) is 13.2 Å². The maximum absolute atomic E-state index is 14.4. The molecule has 0 amide bonds. The second-order valence-corrected chi connectivity index (χ2v) is 10.1. The summed E-state index contributed by atoms with van der Waals surface area (Å²) in [6.45, 7) is 2.07. The highest BCUT2D eigenvalue weighted by Gasteiger charge is 2.31. The van der Waals surface area contributed by atoms with Gasteiger partial charge in [-0.1, -0.05) is 0 Å². The zero-order valence-electron chi connectivity index (χ0n) is 21.1. The second-order valence-electron chi connectivity index (χ2n) is 8.39. The zero-order valence-corrected chi connectivity index (χ0v) is 21.9. The Morgan fingerprint density at radius 1 is 0.902 bits per heavy atom. The Kier molecular flexibility index (Phi) is 8.63. The lowest BCUT2D eigenvalue weighted by atomic mass is 10.0. The molecule has 41 heavy (non-hydrogen) atoms. The van der Waals surface area contributed by atoms with Crippen molar-refractivity contribution in [1.82, 2.24) is 4.98 Å². The highest BCUT2D eigenvalue weighted by molar-refractivity contribution is 7.92. The first-order valence-electron chi connectivity index (χ1n) is 11.8. The summed E-state index contributed by atoms with van der Waals surface area (Å²) in [6, 6.07) is 11.5. The minimum atomic E-state index is -4.95. The molecule has 4 rings (SSSR count). The van der Waals surface area contributed by atoms with Crippen LogP contribution in [0.2, 0.25) is 0 Å². The molecule has 0 fully saturated rings. The molecule has 2 N–H and O–H groups in total. The van der Waals surface area contributed by atoms with E-state index in [-0.39, 0.29) is 34.3 Å². The van der Waals surface area contributed by atoms with Gasteiger partial charge in [0.15, 0.2) is 11.6 Å². The monoisotopic (exact) mass is 596 g/mol. The number of hydrogen-bond donors (Lipinski definition) is 2. The molecule has 14 heteroatoms. The van der Waals surface area contributed by atoms with Crippen molar-refractivity contribution in [2.24, 2.45) is 0 Å². The highest BCUT2D eigenvalue weighted by atomic mass is 32.2. The number of sulfonamides is 1. The fraction of sp³-hybridized carbons (Fsp3) is 0.148. The van der Waals surface area contributed by atoms with Crippen LogP contribution in [0.3, 0.4) is 0 Å². The number of nitrogens with one attached hydrogen (secondary N) is 2. The normalized spacial score (nSPS) is 11.8. The molecule has 0 spiro atoms. The average Bonchev–Trinajstić information content (AvgIpc) is 2.89. The van der Waals surface area contributed by atoms with Crippen molar-refractivity contribution in [3.8, 4) is 28.4 Å². The minimum Gasteiger partial charge on any atom is -0.454 e. The molecule has 4 aromatic rings. The molecule has 0 atom stereocenters. The fourth-order valence-electron chi connectivity index (χ4n) is 3.70. The van der Waals surface area contributed by atoms with Crippen LogP contribution in [-0.2, 0) is 21.4 Å². The van der Waals surface area contributed by atoms with E-state index in [2.05, 4.69) is 14.4 Å². The van der Waals surface area contributed by atoms with E-state index in [4.69, 9.17) is 9.47 Å². The number of anilines is 1. The van der Waals surface area contributed by atoms with E-state index in [0.29, 0.717) is 23.8 Å². The summed E-state index contributed by atoms with van der Waals surface area (Å²) in [7, 11) is -4.30. The molecule has 0 unspecified atom stereocenters. The van der Waals surface area contributed by atoms with E-state index in [0.717, 1.165) is 36.4 Å². The standard InChI is InChI=1S/C27H21F5N2O6S/c1-2-38-15-16-11-26(35)33-14-22(16)21-13-18(4-10-24(21)39-25-9-3-17(28)12-23(25)29)34-41(36,37)20-7-5-19(6-8-20)40-27(30,31)32/h3-14,34H,2,15H2,1H3,(H,33,35). The Balaban J connectivity index is 1.74. The minimum absolute atomic E-state index is 0.00238. The summed E-state index contributed by atoms with van der Waals surface area (Å²) in [6.07, 6.45) is -3.60. The van der Waals surface area contributed by atoms with E-state index in [9.17, 15) is 35.2 Å². The Hall–Kier alpha value is -4.43. The van der Waals surface area contributed by atoms with Crippen LogP contribution in [0.15, 0.2) is 82.6 Å². The van der Waals surface area contributed by atoms with Crippen molar-refractivity contribution in [3.05, 3.63) is 100 Å². The number of hydrogen-bond acceptors (Lipinski definition) is 6. The maximum atomic E-state index is 14.4. The van der Waals surface area contributed by atoms with Crippen molar-refractivity contribution in [2.45, 2.75) is 24.8 Å². The highest BCUT2D eigenvalue weighted by Crippen LogP contribution is 2.38. The Bertz CT molecular complexity index is 1710. The molecule has 0 saturated heterocycles. The van der Waals surface area contributed by atoms with Crippen LogP contribution >= 0.6 is 0 Å². The predicted molar refractivity (Wildman–Crippen MR) is 138 cm³/mol. The number of ether oxygens (including phenoxy) is 3. The van der Waals surface area contributed by atoms with Crippen molar-refractivity contribution in [2.75, 3.05) is 11.3 Å². The summed E-state index contributed by atoms with van der Waals surface area (Å²) < 4.78 is 108. The van der Waals surface area contributed by atoms with Crippen molar-refractivity contribution < 1.29 is 44.6 Å². The van der Waals surface area contributed by atoms with Gasteiger partial charge in [0.25, 0.3) is 10.0 Å². The van der Waals surface area contributed by atoms with Gasteiger partial charge < -0.3 is 19.2 Å². The van der Waals surface area contributed by atoms with Crippen molar-refractivity contribution in [1.29, 1.82) is 0 Å². The van der Waals surface area contributed by atoms with Gasteiger partial charge in [-0.25, -0.2) is 17.2 Å². The van der Waals surface area contributed by atoms with Crippen LogP contribution in [0.5, 0.6) is 17.2 Å². The maximum Gasteiger partial charge on any atom is 0.573 e. The Morgan fingerprint density at radius 3 is 2.27 bits per heavy atom. The molecule has 0 aliphatic carbocycles. The molecule has 8 nitrogen and oxygen atoms in total. The first-order valence-corrected chi connectivity index (χ1v) is 13.3. The smallest absolute Gasteiger partial charge is 0.454 e. The third-order valence-corrected chi connectivity index (χ3v) is 6.87. The lowest BCUT2D eigenvalue weighted by Gasteiger charge is -2.17. The second kappa shape index (κ2) is 12.0. The molecular weight excluding hydrogens is 575 g/mol. The lowest BCUT2D eigenvalue weighted by Crippen LogP contribution is -2.17. The molecule has 1 heterocycles. The molecule has 0 bridgehead atoms. The van der Waals surface area contributed by atoms with Gasteiger partial charge >= 0.3 is 6.36 Å². The third kappa shape index (κ3) is 7.61. The van der Waals surface area contributed by atoms with Crippen LogP contribution in [0.25, 0.3) is 11.1 Å². The zero-order chi connectivity index (χ0) is 29.8. The average molecular weight is 597 g/mol. The lowest BCUT2D eigenvalue weighted by molar-refractivity contribution is -0.274. The summed E-state index contributed by atoms with van der Waals surface area (Å²) in [5.74, 6) is -2.71. The van der Waals surface area contributed by atoms with Gasteiger partial charge in [-0.05, 0) is 67.1 Å². The van der Waals surface area contributed by atoms with Crippen LogP contribution in [0, 0.1) is 11.6 Å². The Morgan fingerprint density at radius 2 is 1.61 bits per heavy atom. The number of rotatable bonds is 10. The number of aromatic nitrogens is 1. The van der Waals surface area contributed by atoms with Gasteiger partial charge in [0.05, 0.1) is 11.5 Å². The summed E-state index contributed by atoms with van der Waals surface area (Å²) >= 11 is 0. The van der Waals surface area contributed by atoms with Gasteiger partial charge in [0.1, 0.15) is 17.3 Å². The number of benzene rings is 3. The van der Waals surface area contributed by atoms with Gasteiger partial charge in [0.2, 0.25) is 5.56 Å². The van der Waals surface area contributed by atoms with Gasteiger partial charge in [-0.2, -0.15) is 0 Å². The number of alkyl halides is 3. The number of H-pyrrole nitrogens is 1. The molecule has 0 aliphatic heterocycles. The van der Waals surface area contributed by atoms with Crippen molar-refractivity contribution in [3.63, 3.8) is 0 Å². The first kappa shape index (κ1) is 29.6. The quantitative estimate of drug-likeness (QED) is 0.207. The SMILES string of the molecule is CCOCc1cc(=O)[nH]cc1-c1cc(NS(=O)(=O)c2ccc(OC(F)(F)F)cc2)ccc1Oc1ccc(F)cc1F. The summed E-state index contributed by atoms with van der Waals surface area (Å²) in [5, 5.41) is 0. The van der Waals surface area contributed by atoms with E-state index in [1.165, 1.54) is 30.5 Å².